The molecule has 1 aliphatic rings. The second-order valence-corrected chi connectivity index (χ2v) is 10.6. The number of hydrogen-bond donors (Lipinski definition) is 1. The molecule has 1 aliphatic heterocycles. The molecule has 1 amide bonds. The van der Waals surface area contributed by atoms with E-state index in [0.717, 1.165) is 25.8 Å². The van der Waals surface area contributed by atoms with E-state index in [1.54, 1.807) is 31.2 Å². The summed E-state index contributed by atoms with van der Waals surface area (Å²) in [5.41, 5.74) is 1.25. The monoisotopic (exact) mass is 535 g/mol. The normalized spacial score (nSPS) is 15.9. The first-order chi connectivity index (χ1) is 17.6. The zero-order valence-corrected chi connectivity index (χ0v) is 23.0. The molecule has 0 saturated carbocycles. The maximum absolute atomic E-state index is 13.3. The number of rotatable bonds is 11. The summed E-state index contributed by atoms with van der Waals surface area (Å²) in [5.74, 6) is -0.262. The molecule has 1 fully saturated rings. The Morgan fingerprint density at radius 1 is 1.14 bits per heavy atom. The van der Waals surface area contributed by atoms with Crippen LogP contribution in [0.1, 0.15) is 38.4 Å². The van der Waals surface area contributed by atoms with Crippen molar-refractivity contribution in [2.75, 3.05) is 51.4 Å². The van der Waals surface area contributed by atoms with Gasteiger partial charge in [0.25, 0.3) is 11.5 Å². The van der Waals surface area contributed by atoms with Crippen molar-refractivity contribution in [2.24, 2.45) is 0 Å². The van der Waals surface area contributed by atoms with Gasteiger partial charge >= 0.3 is 10.1 Å². The number of aryl methyl sites for hydroxylation is 1. The first-order valence-corrected chi connectivity index (χ1v) is 14.4. The maximum atomic E-state index is 13.3. The van der Waals surface area contributed by atoms with E-state index >= 15 is 0 Å². The lowest BCUT2D eigenvalue weighted by Crippen LogP contribution is -2.54. The van der Waals surface area contributed by atoms with Gasteiger partial charge in [0, 0.05) is 49.6 Å². The molecule has 204 valence electrons. The van der Waals surface area contributed by atoms with Gasteiger partial charge in [-0.2, -0.15) is 8.42 Å². The lowest BCUT2D eigenvalue weighted by molar-refractivity contribution is -0.143. The molecule has 2 heterocycles. The van der Waals surface area contributed by atoms with Crippen molar-refractivity contribution < 1.29 is 22.2 Å². The fourth-order valence-corrected chi connectivity index (χ4v) is 4.60. The summed E-state index contributed by atoms with van der Waals surface area (Å²) >= 11 is 0. The summed E-state index contributed by atoms with van der Waals surface area (Å²) in [7, 11) is -1.97. The molecule has 1 atom stereocenters. The van der Waals surface area contributed by atoms with E-state index in [9.17, 15) is 18.0 Å². The van der Waals surface area contributed by atoms with Gasteiger partial charge in [-0.3, -0.25) is 18.8 Å². The number of benzene rings is 1. The van der Waals surface area contributed by atoms with Gasteiger partial charge in [0.15, 0.2) is 12.1 Å². The minimum Gasteiger partial charge on any atom is -0.354 e. The molecule has 1 unspecified atom stereocenters. The van der Waals surface area contributed by atoms with Gasteiger partial charge in [0.05, 0.1) is 11.9 Å². The zero-order chi connectivity index (χ0) is 27.2. The van der Waals surface area contributed by atoms with Crippen molar-refractivity contribution in [3.05, 3.63) is 45.9 Å². The van der Waals surface area contributed by atoms with Crippen molar-refractivity contribution >= 4 is 21.7 Å². The molecule has 37 heavy (non-hydrogen) atoms. The Bertz CT molecular complexity index is 1250. The molecule has 0 bridgehead atoms. The highest BCUT2D eigenvalue weighted by atomic mass is 32.2. The van der Waals surface area contributed by atoms with Crippen LogP contribution in [0.2, 0.25) is 0 Å². The highest BCUT2D eigenvalue weighted by Gasteiger charge is 2.29. The first-order valence-electron chi connectivity index (χ1n) is 12.6. The predicted octanol–water partition coefficient (Wildman–Crippen LogP) is 1.36. The van der Waals surface area contributed by atoms with Crippen LogP contribution in [-0.4, -0.2) is 86.2 Å². The minimum atomic E-state index is -4.01. The Balaban J connectivity index is 1.96. The van der Waals surface area contributed by atoms with E-state index in [1.807, 2.05) is 25.8 Å². The summed E-state index contributed by atoms with van der Waals surface area (Å²) < 4.78 is 35.6. The molecule has 11 nitrogen and oxygen atoms in total. The van der Waals surface area contributed by atoms with Gasteiger partial charge in [0.1, 0.15) is 0 Å². The average Bonchev–Trinajstić information content (AvgIpc) is 2.85. The van der Waals surface area contributed by atoms with E-state index in [0.29, 0.717) is 59.8 Å². The number of amides is 1. The highest BCUT2D eigenvalue weighted by Crippen LogP contribution is 2.22. The Kier molecular flexibility index (Phi) is 9.82. The van der Waals surface area contributed by atoms with Crippen LogP contribution in [-0.2, 0) is 32.5 Å². The van der Waals surface area contributed by atoms with E-state index in [-0.39, 0.29) is 11.7 Å². The van der Waals surface area contributed by atoms with Crippen LogP contribution in [0, 0.1) is 0 Å². The second-order valence-electron chi connectivity index (χ2n) is 9.08. The lowest BCUT2D eigenvalue weighted by atomic mass is 10.1. The molecule has 0 aliphatic carbocycles. The molecular formula is C25H37N5O6S. The van der Waals surface area contributed by atoms with Crippen LogP contribution >= 0.6 is 0 Å². The predicted molar refractivity (Wildman–Crippen MR) is 142 cm³/mol. The number of hydrogen-bond acceptors (Lipinski definition) is 9. The Morgan fingerprint density at radius 3 is 2.43 bits per heavy atom. The average molecular weight is 536 g/mol. The van der Waals surface area contributed by atoms with Gasteiger partial charge in [-0.25, -0.2) is 4.98 Å². The number of piperazine rings is 1. The quantitative estimate of drug-likeness (QED) is 0.454. The van der Waals surface area contributed by atoms with Gasteiger partial charge < -0.3 is 15.0 Å². The number of carbonyl (C=O) groups excluding carboxylic acids is 1. The van der Waals surface area contributed by atoms with Crippen LogP contribution in [0.25, 0.3) is 11.4 Å². The summed E-state index contributed by atoms with van der Waals surface area (Å²) in [6, 6.07) is 6.71. The molecule has 1 N–H and O–H groups in total. The SMILES string of the molecule is CCCOC(C(=O)Nc1cccc(-c2nc(CC)c(CC)c(=O)n2OS(C)(=O)=O)c1)N1CCN(C)CC1. The number of ether oxygens (including phenoxy) is 1. The molecule has 1 aromatic heterocycles. The van der Waals surface area contributed by atoms with Crippen molar-refractivity contribution in [1.29, 1.82) is 0 Å². The minimum absolute atomic E-state index is 0.0402. The number of likely N-dealkylation sites (N-methyl/N-ethyl adjacent to an activating group) is 1. The fraction of sp³-hybridized carbons (Fsp3) is 0.560. The molecule has 1 saturated heterocycles. The number of nitrogens with zero attached hydrogens (tertiary/aromatic N) is 4. The van der Waals surface area contributed by atoms with Crippen LogP contribution in [0.15, 0.2) is 29.1 Å². The van der Waals surface area contributed by atoms with Crippen LogP contribution < -0.4 is 15.2 Å². The highest BCUT2D eigenvalue weighted by molar-refractivity contribution is 7.86. The van der Waals surface area contributed by atoms with Crippen LogP contribution in [0.3, 0.4) is 0 Å². The number of nitrogens with one attached hydrogen (secondary N) is 1. The molecule has 2 aromatic rings. The largest absolute Gasteiger partial charge is 0.354 e. The van der Waals surface area contributed by atoms with Gasteiger partial charge in [-0.15, -0.1) is 4.73 Å². The lowest BCUT2D eigenvalue weighted by Gasteiger charge is -2.36. The molecule has 0 radical (unpaired) electrons. The van der Waals surface area contributed by atoms with Gasteiger partial charge in [0.2, 0.25) is 0 Å². The topological polar surface area (TPSA) is 123 Å². The Labute approximate surface area is 218 Å². The van der Waals surface area contributed by atoms with Crippen molar-refractivity contribution in [3.8, 4) is 11.4 Å². The Morgan fingerprint density at radius 2 is 1.84 bits per heavy atom. The number of carbonyl (C=O) groups is 1. The molecule has 12 heteroatoms. The zero-order valence-electron chi connectivity index (χ0n) is 22.2. The number of aromatic nitrogens is 2. The van der Waals surface area contributed by atoms with E-state index in [2.05, 4.69) is 15.2 Å². The Hall–Kier alpha value is -2.80. The fourth-order valence-electron chi connectivity index (χ4n) is 4.19. The van der Waals surface area contributed by atoms with Gasteiger partial charge in [-0.05, 0) is 38.4 Å². The smallest absolute Gasteiger partial charge is 0.324 e. The summed E-state index contributed by atoms with van der Waals surface area (Å²) in [4.78, 5) is 35.2. The standard InChI is InChI=1S/C25H37N5O6S/c1-6-16-35-25(29-14-12-28(4)13-15-29)23(31)26-19-11-9-10-18(17-19)22-27-21(8-3)20(7-2)24(32)30(22)36-37(5,33)34/h9-11,17,25H,6-8,12-16H2,1-5H3,(H,26,31). The third kappa shape index (κ3) is 7.37. The molecule has 1 aromatic carbocycles. The molecule has 3 rings (SSSR count). The summed E-state index contributed by atoms with van der Waals surface area (Å²) in [5, 5.41) is 2.91. The van der Waals surface area contributed by atoms with E-state index in [1.165, 1.54) is 0 Å². The first kappa shape index (κ1) is 28.8. The summed E-state index contributed by atoms with van der Waals surface area (Å²) in [6.07, 6.45) is 1.78. The van der Waals surface area contributed by atoms with E-state index in [4.69, 9.17) is 9.02 Å². The third-order valence-corrected chi connectivity index (χ3v) is 6.50. The van der Waals surface area contributed by atoms with Crippen LogP contribution in [0.4, 0.5) is 5.69 Å². The van der Waals surface area contributed by atoms with Crippen LogP contribution in [0.5, 0.6) is 0 Å². The van der Waals surface area contributed by atoms with Crippen molar-refractivity contribution in [1.82, 2.24) is 19.5 Å². The second kappa shape index (κ2) is 12.6. The third-order valence-electron chi connectivity index (χ3n) is 6.08. The van der Waals surface area contributed by atoms with Gasteiger partial charge in [-0.1, -0.05) is 32.9 Å². The molecular weight excluding hydrogens is 498 g/mol. The maximum Gasteiger partial charge on any atom is 0.324 e. The summed E-state index contributed by atoms with van der Waals surface area (Å²) in [6.45, 7) is 9.21. The van der Waals surface area contributed by atoms with E-state index < -0.39 is 21.9 Å². The van der Waals surface area contributed by atoms with Crippen molar-refractivity contribution in [3.63, 3.8) is 0 Å². The number of anilines is 1. The molecule has 0 spiro atoms. The van der Waals surface area contributed by atoms with Crippen molar-refractivity contribution in [2.45, 2.75) is 46.3 Å².